The van der Waals surface area contributed by atoms with Crippen LogP contribution in [-0.2, 0) is 32.2 Å². The van der Waals surface area contributed by atoms with Crippen LogP contribution in [0.5, 0.6) is 0 Å². The lowest BCUT2D eigenvalue weighted by molar-refractivity contribution is -0.904. The molecule has 0 spiro atoms. The fourth-order valence-electron chi connectivity index (χ4n) is 6.56. The van der Waals surface area contributed by atoms with Crippen LogP contribution in [0.15, 0.2) is 48.5 Å². The maximum Gasteiger partial charge on any atom is 0.333 e. The lowest BCUT2D eigenvalue weighted by atomic mass is 9.89. The molecule has 0 aliphatic carbocycles. The highest BCUT2D eigenvalue weighted by Crippen LogP contribution is 2.42. The Labute approximate surface area is 262 Å². The molecule has 0 N–H and O–H groups in total. The Hall–Kier alpha value is -4.28. The zero-order chi connectivity index (χ0) is 30.5. The van der Waals surface area contributed by atoms with Gasteiger partial charge < -0.3 is 26.6 Å². The number of anilines is 2. The van der Waals surface area contributed by atoms with Gasteiger partial charge in [0, 0.05) is 53.8 Å². The van der Waals surface area contributed by atoms with Gasteiger partial charge in [-0.3, -0.25) is 19.2 Å². The van der Waals surface area contributed by atoms with Crippen LogP contribution in [0.25, 0.3) is 10.8 Å². The van der Waals surface area contributed by atoms with E-state index in [1.807, 2.05) is 42.5 Å². The molecule has 3 heterocycles. The van der Waals surface area contributed by atoms with E-state index in [0.717, 1.165) is 64.5 Å². The minimum Gasteiger partial charge on any atom is -1.00 e. The number of amides is 4. The van der Waals surface area contributed by atoms with Crippen molar-refractivity contribution >= 4 is 51.7 Å². The number of halogens is 1. The molecular formula is C33H35ClN4O6. The van der Waals surface area contributed by atoms with E-state index in [1.165, 1.54) is 4.90 Å². The highest BCUT2D eigenvalue weighted by Gasteiger charge is 2.38. The number of quaternary nitrogens is 1. The molecule has 0 atom stereocenters. The third kappa shape index (κ3) is 5.67. The second kappa shape index (κ2) is 12.0. The number of hydrogen-bond donors (Lipinski definition) is 0. The topological polar surface area (TPSA) is 104 Å². The average Bonchev–Trinajstić information content (AvgIpc) is 3.27. The molecule has 11 heteroatoms. The van der Waals surface area contributed by atoms with Crippen molar-refractivity contribution in [3.05, 3.63) is 70.8 Å². The highest BCUT2D eigenvalue weighted by atomic mass is 35.5. The van der Waals surface area contributed by atoms with Gasteiger partial charge >= 0.3 is 5.97 Å². The number of benzene rings is 3. The van der Waals surface area contributed by atoms with Crippen molar-refractivity contribution < 1.29 is 45.7 Å². The number of hydrogen-bond acceptors (Lipinski definition) is 7. The molecule has 230 valence electrons. The number of nitrogens with zero attached hydrogens (tertiary/aromatic N) is 4. The Morgan fingerprint density at radius 3 is 2.27 bits per heavy atom. The van der Waals surface area contributed by atoms with Crippen LogP contribution >= 0.6 is 0 Å². The van der Waals surface area contributed by atoms with E-state index < -0.39 is 17.8 Å². The van der Waals surface area contributed by atoms with Gasteiger partial charge in [0.1, 0.15) is 6.54 Å². The van der Waals surface area contributed by atoms with Crippen molar-refractivity contribution in [3.8, 4) is 0 Å². The summed E-state index contributed by atoms with van der Waals surface area (Å²) in [6.45, 7) is 1.63. The first-order valence-electron chi connectivity index (χ1n) is 14.7. The fourth-order valence-corrected chi connectivity index (χ4v) is 6.56. The van der Waals surface area contributed by atoms with Crippen LogP contribution in [0.3, 0.4) is 0 Å². The van der Waals surface area contributed by atoms with Crippen LogP contribution < -0.4 is 22.2 Å². The zero-order valence-electron chi connectivity index (χ0n) is 25.1. The van der Waals surface area contributed by atoms with Gasteiger partial charge in [0.25, 0.3) is 23.6 Å². The third-order valence-electron chi connectivity index (χ3n) is 8.39. The minimum absolute atomic E-state index is 0. The Morgan fingerprint density at radius 2 is 1.57 bits per heavy atom. The molecule has 4 amide bonds. The zero-order valence-corrected chi connectivity index (χ0v) is 25.9. The largest absolute Gasteiger partial charge is 1.00 e. The van der Waals surface area contributed by atoms with E-state index in [0.29, 0.717) is 28.3 Å². The van der Waals surface area contributed by atoms with Crippen molar-refractivity contribution in [3.63, 3.8) is 0 Å². The summed E-state index contributed by atoms with van der Waals surface area (Å²) in [4.78, 5) is 71.1. The molecule has 3 aromatic carbocycles. The SMILES string of the molecule is CN1C[N+](C)(C)Cc2cc3c4c(cccc4c21)C(=O)N(c1ccc(CCCCCC(=O)ON2C(=O)CCC2=O)cc1)C3=O.[Cl-]. The fraction of sp³-hybridized carbons (Fsp3) is 0.364. The van der Waals surface area contributed by atoms with Crippen molar-refractivity contribution in [2.24, 2.45) is 0 Å². The van der Waals surface area contributed by atoms with Crippen LogP contribution in [0.1, 0.15) is 70.4 Å². The lowest BCUT2D eigenvalue weighted by Gasteiger charge is -2.41. The van der Waals surface area contributed by atoms with Crippen LogP contribution in [0.4, 0.5) is 11.4 Å². The number of imide groups is 2. The van der Waals surface area contributed by atoms with Crippen LogP contribution in [0.2, 0.25) is 0 Å². The van der Waals surface area contributed by atoms with Gasteiger partial charge in [-0.2, -0.15) is 0 Å². The molecule has 3 aromatic rings. The number of rotatable bonds is 8. The van der Waals surface area contributed by atoms with Gasteiger partial charge in [0.05, 0.1) is 25.5 Å². The molecule has 10 nitrogen and oxygen atoms in total. The number of hydroxylamine groups is 2. The van der Waals surface area contributed by atoms with E-state index >= 15 is 0 Å². The van der Waals surface area contributed by atoms with E-state index in [1.54, 1.807) is 6.07 Å². The van der Waals surface area contributed by atoms with Crippen LogP contribution in [-0.4, -0.2) is 67.0 Å². The van der Waals surface area contributed by atoms with Gasteiger partial charge in [-0.05, 0) is 49.1 Å². The molecule has 44 heavy (non-hydrogen) atoms. The molecule has 1 saturated heterocycles. The Bertz CT molecular complexity index is 1670. The summed E-state index contributed by atoms with van der Waals surface area (Å²) in [7, 11) is 6.39. The second-order valence-electron chi connectivity index (χ2n) is 12.3. The quantitative estimate of drug-likeness (QED) is 0.213. The number of carbonyl (C=O) groups is 5. The summed E-state index contributed by atoms with van der Waals surface area (Å²) in [5.74, 6) is -2.18. The summed E-state index contributed by atoms with van der Waals surface area (Å²) in [5.41, 5.74) is 4.86. The second-order valence-corrected chi connectivity index (χ2v) is 12.3. The maximum absolute atomic E-state index is 13.9. The predicted octanol–water partition coefficient (Wildman–Crippen LogP) is 1.34. The summed E-state index contributed by atoms with van der Waals surface area (Å²) < 4.78 is 0.775. The van der Waals surface area contributed by atoms with E-state index in [9.17, 15) is 24.0 Å². The van der Waals surface area contributed by atoms with Gasteiger partial charge in [0.15, 0.2) is 6.67 Å². The first-order chi connectivity index (χ1) is 20.5. The molecule has 0 bridgehead atoms. The lowest BCUT2D eigenvalue weighted by Crippen LogP contribution is -3.00. The predicted molar refractivity (Wildman–Crippen MR) is 160 cm³/mol. The Kier molecular flexibility index (Phi) is 8.51. The molecular weight excluding hydrogens is 584 g/mol. The summed E-state index contributed by atoms with van der Waals surface area (Å²) in [6.07, 6.45) is 3.19. The van der Waals surface area contributed by atoms with Gasteiger partial charge in [0.2, 0.25) is 0 Å². The Morgan fingerprint density at radius 1 is 0.886 bits per heavy atom. The van der Waals surface area contributed by atoms with Crippen molar-refractivity contribution in [1.82, 2.24) is 5.06 Å². The van der Waals surface area contributed by atoms with E-state index in [2.05, 4.69) is 26.0 Å². The summed E-state index contributed by atoms with van der Waals surface area (Å²) >= 11 is 0. The number of aryl methyl sites for hydroxylation is 1. The van der Waals surface area contributed by atoms with Gasteiger partial charge in [-0.15, -0.1) is 5.06 Å². The highest BCUT2D eigenvalue weighted by molar-refractivity contribution is 6.36. The first-order valence-corrected chi connectivity index (χ1v) is 14.7. The average molecular weight is 619 g/mol. The summed E-state index contributed by atoms with van der Waals surface area (Å²) in [6, 6.07) is 15.1. The molecule has 6 rings (SSSR count). The smallest absolute Gasteiger partial charge is 0.333 e. The minimum atomic E-state index is -0.587. The first kappa shape index (κ1) is 31.2. The van der Waals surface area contributed by atoms with Crippen molar-refractivity contribution in [1.29, 1.82) is 0 Å². The van der Waals surface area contributed by atoms with E-state index in [4.69, 9.17) is 4.84 Å². The molecule has 3 aliphatic heterocycles. The van der Waals surface area contributed by atoms with Gasteiger partial charge in [-0.25, -0.2) is 9.69 Å². The molecule has 3 aliphatic rings. The number of carbonyl (C=O) groups excluding carboxylic acids is 5. The van der Waals surface area contributed by atoms with Crippen LogP contribution in [0, 0.1) is 0 Å². The maximum atomic E-state index is 13.9. The molecule has 0 aromatic heterocycles. The molecule has 0 saturated carbocycles. The molecule has 0 unspecified atom stereocenters. The third-order valence-corrected chi connectivity index (χ3v) is 8.39. The normalized spacial score (nSPS) is 17.2. The van der Waals surface area contributed by atoms with Gasteiger partial charge in [-0.1, -0.05) is 30.7 Å². The van der Waals surface area contributed by atoms with E-state index in [-0.39, 0.29) is 43.5 Å². The monoisotopic (exact) mass is 618 g/mol. The standard InChI is InChI=1S/C33H35N4O6.ClH/c1-34-20-37(2,3)19-22-18-26-30-24(31(22)34)9-7-10-25(30)32(41)35(33(26)42)23-14-12-21(13-15-23)8-5-4-6-11-29(40)43-36-27(38)16-17-28(36)39;/h7,9-10,12-15,18H,4-6,8,11,16-17,19-20H2,1-3H3;1H/q+1;/p-1. The van der Waals surface area contributed by atoms with Crippen molar-refractivity contribution in [2.45, 2.75) is 51.5 Å². The molecule has 0 radical (unpaired) electrons. The van der Waals surface area contributed by atoms with Crippen molar-refractivity contribution in [2.75, 3.05) is 37.6 Å². The molecule has 1 fully saturated rings. The summed E-state index contributed by atoms with van der Waals surface area (Å²) in [5, 5.41) is 2.24. The number of unbranched alkanes of at least 4 members (excludes halogenated alkanes) is 2. The number of fused-ring (bicyclic) bond motifs is 2. The Balaban J connectivity index is 0.00000384.